The molecular formula is C16H12BrClN2O2S. The first kappa shape index (κ1) is 16.4. The van der Waals surface area contributed by atoms with E-state index in [1.807, 2.05) is 6.07 Å². The van der Waals surface area contributed by atoms with E-state index in [4.69, 9.17) is 11.6 Å². The van der Waals surface area contributed by atoms with Crippen LogP contribution in [0.4, 0.5) is 0 Å². The third kappa shape index (κ3) is 3.72. The second kappa shape index (κ2) is 6.57. The van der Waals surface area contributed by atoms with Gasteiger partial charge in [-0.1, -0.05) is 33.6 Å². The van der Waals surface area contributed by atoms with Gasteiger partial charge in [0.1, 0.15) is 0 Å². The Bertz CT molecular complexity index is 959. The van der Waals surface area contributed by atoms with Gasteiger partial charge in [-0.15, -0.1) is 0 Å². The number of hydrogen-bond donors (Lipinski definition) is 1. The molecule has 1 heterocycles. The van der Waals surface area contributed by atoms with Gasteiger partial charge in [-0.05, 0) is 48.0 Å². The molecule has 0 saturated carbocycles. The van der Waals surface area contributed by atoms with Gasteiger partial charge in [-0.3, -0.25) is 4.98 Å². The van der Waals surface area contributed by atoms with Gasteiger partial charge in [-0.2, -0.15) is 0 Å². The molecule has 0 spiro atoms. The molecule has 3 rings (SSSR count). The molecule has 0 radical (unpaired) electrons. The van der Waals surface area contributed by atoms with Crippen LogP contribution in [0, 0.1) is 0 Å². The van der Waals surface area contributed by atoms with E-state index in [9.17, 15) is 8.42 Å². The second-order valence-electron chi connectivity index (χ2n) is 4.91. The van der Waals surface area contributed by atoms with Crippen LogP contribution in [0.1, 0.15) is 5.56 Å². The summed E-state index contributed by atoms with van der Waals surface area (Å²) in [5.74, 6) is 0. The SMILES string of the molecule is O=S(=O)(NCc1ccnc2cc(Cl)ccc12)c1ccc(Br)cc1. The molecular weight excluding hydrogens is 400 g/mol. The fourth-order valence-corrected chi connectivity index (χ4v) is 3.64. The number of benzene rings is 2. The molecule has 3 aromatic rings. The monoisotopic (exact) mass is 410 g/mol. The highest BCUT2D eigenvalue weighted by Gasteiger charge is 2.14. The maximum Gasteiger partial charge on any atom is 0.240 e. The van der Waals surface area contributed by atoms with Crippen molar-refractivity contribution in [2.24, 2.45) is 0 Å². The van der Waals surface area contributed by atoms with Gasteiger partial charge in [0.2, 0.25) is 10.0 Å². The Hall–Kier alpha value is -1.47. The first-order valence-electron chi connectivity index (χ1n) is 6.74. The minimum atomic E-state index is -3.57. The zero-order valence-electron chi connectivity index (χ0n) is 11.8. The average molecular weight is 412 g/mol. The van der Waals surface area contributed by atoms with E-state index in [-0.39, 0.29) is 11.4 Å². The Morgan fingerprint density at radius 3 is 2.57 bits per heavy atom. The number of nitrogens with zero attached hydrogens (tertiary/aromatic N) is 1. The highest BCUT2D eigenvalue weighted by Crippen LogP contribution is 2.21. The summed E-state index contributed by atoms with van der Waals surface area (Å²) in [6, 6.07) is 13.6. The summed E-state index contributed by atoms with van der Waals surface area (Å²) in [7, 11) is -3.57. The molecule has 23 heavy (non-hydrogen) atoms. The number of nitrogens with one attached hydrogen (secondary N) is 1. The van der Waals surface area contributed by atoms with Crippen LogP contribution < -0.4 is 4.72 Å². The molecule has 0 aliphatic rings. The lowest BCUT2D eigenvalue weighted by Crippen LogP contribution is -2.23. The topological polar surface area (TPSA) is 59.1 Å². The van der Waals surface area contributed by atoms with Gasteiger partial charge in [0.15, 0.2) is 0 Å². The Labute approximate surface area is 147 Å². The first-order chi connectivity index (χ1) is 11.0. The van der Waals surface area contributed by atoms with E-state index in [0.717, 1.165) is 20.9 Å². The maximum atomic E-state index is 12.3. The number of halogens is 2. The molecule has 0 bridgehead atoms. The lowest BCUT2D eigenvalue weighted by molar-refractivity contribution is 0.581. The summed E-state index contributed by atoms with van der Waals surface area (Å²) in [6.45, 7) is 0.180. The third-order valence-corrected chi connectivity index (χ3v) is 5.55. The average Bonchev–Trinajstić information content (AvgIpc) is 2.53. The van der Waals surface area contributed by atoms with Crippen molar-refractivity contribution in [3.63, 3.8) is 0 Å². The first-order valence-corrected chi connectivity index (χ1v) is 9.39. The molecule has 7 heteroatoms. The van der Waals surface area contributed by atoms with Crippen molar-refractivity contribution < 1.29 is 8.42 Å². The van der Waals surface area contributed by atoms with Crippen molar-refractivity contribution in [3.8, 4) is 0 Å². The number of hydrogen-bond acceptors (Lipinski definition) is 3. The molecule has 0 saturated heterocycles. The van der Waals surface area contributed by atoms with Crippen LogP contribution in [-0.2, 0) is 16.6 Å². The predicted octanol–water partition coefficient (Wildman–Crippen LogP) is 4.13. The molecule has 1 aromatic heterocycles. The molecule has 0 fully saturated rings. The maximum absolute atomic E-state index is 12.3. The van der Waals surface area contributed by atoms with Crippen LogP contribution in [-0.4, -0.2) is 13.4 Å². The van der Waals surface area contributed by atoms with Gasteiger partial charge in [0.25, 0.3) is 0 Å². The predicted molar refractivity (Wildman–Crippen MR) is 94.9 cm³/mol. The smallest absolute Gasteiger partial charge is 0.240 e. The van der Waals surface area contributed by atoms with Crippen LogP contribution >= 0.6 is 27.5 Å². The Morgan fingerprint density at radius 1 is 1.09 bits per heavy atom. The zero-order chi connectivity index (χ0) is 16.4. The number of rotatable bonds is 4. The van der Waals surface area contributed by atoms with E-state index < -0.39 is 10.0 Å². The van der Waals surface area contributed by atoms with Crippen molar-refractivity contribution in [2.45, 2.75) is 11.4 Å². The molecule has 0 aliphatic heterocycles. The molecule has 0 atom stereocenters. The molecule has 4 nitrogen and oxygen atoms in total. The van der Waals surface area contributed by atoms with Gasteiger partial charge in [0, 0.05) is 27.6 Å². The Morgan fingerprint density at radius 2 is 1.83 bits per heavy atom. The molecule has 0 unspecified atom stereocenters. The minimum Gasteiger partial charge on any atom is -0.256 e. The fourth-order valence-electron chi connectivity index (χ4n) is 2.20. The van der Waals surface area contributed by atoms with E-state index in [0.29, 0.717) is 5.02 Å². The van der Waals surface area contributed by atoms with Crippen LogP contribution in [0.3, 0.4) is 0 Å². The fraction of sp³-hybridized carbons (Fsp3) is 0.0625. The highest BCUT2D eigenvalue weighted by molar-refractivity contribution is 9.10. The molecule has 1 N–H and O–H groups in total. The number of pyridine rings is 1. The highest BCUT2D eigenvalue weighted by atomic mass is 79.9. The normalized spacial score (nSPS) is 11.7. The van der Waals surface area contributed by atoms with Crippen LogP contribution in [0.25, 0.3) is 10.9 Å². The summed E-state index contributed by atoms with van der Waals surface area (Å²) >= 11 is 9.25. The van der Waals surface area contributed by atoms with Gasteiger partial charge >= 0.3 is 0 Å². The molecule has 2 aromatic carbocycles. The van der Waals surface area contributed by atoms with E-state index in [1.54, 1.807) is 48.7 Å². The van der Waals surface area contributed by atoms with Crippen molar-refractivity contribution in [1.82, 2.24) is 9.71 Å². The standard InChI is InChI=1S/C16H12BrClN2O2S/c17-12-1-4-14(5-2-12)23(21,22)20-10-11-7-8-19-16-9-13(18)3-6-15(11)16/h1-9,20H,10H2. The largest absolute Gasteiger partial charge is 0.256 e. The summed E-state index contributed by atoms with van der Waals surface area (Å²) in [4.78, 5) is 4.47. The van der Waals surface area contributed by atoms with Gasteiger partial charge < -0.3 is 0 Å². The van der Waals surface area contributed by atoms with Crippen molar-refractivity contribution in [2.75, 3.05) is 0 Å². The molecule has 0 amide bonds. The lowest BCUT2D eigenvalue weighted by Gasteiger charge is -2.09. The lowest BCUT2D eigenvalue weighted by atomic mass is 10.1. The third-order valence-electron chi connectivity index (χ3n) is 3.37. The van der Waals surface area contributed by atoms with E-state index in [2.05, 4.69) is 25.6 Å². The summed E-state index contributed by atoms with van der Waals surface area (Å²) < 4.78 is 28.1. The summed E-state index contributed by atoms with van der Waals surface area (Å²) in [5.41, 5.74) is 1.57. The number of aromatic nitrogens is 1. The quantitative estimate of drug-likeness (QED) is 0.702. The molecule has 118 valence electrons. The number of sulfonamides is 1. The van der Waals surface area contributed by atoms with E-state index in [1.165, 1.54) is 0 Å². The van der Waals surface area contributed by atoms with Crippen LogP contribution in [0.2, 0.25) is 5.02 Å². The van der Waals surface area contributed by atoms with Crippen molar-refractivity contribution in [1.29, 1.82) is 0 Å². The molecule has 0 aliphatic carbocycles. The minimum absolute atomic E-state index is 0.180. The van der Waals surface area contributed by atoms with Gasteiger partial charge in [0.05, 0.1) is 10.4 Å². The van der Waals surface area contributed by atoms with E-state index >= 15 is 0 Å². The zero-order valence-corrected chi connectivity index (χ0v) is 15.0. The second-order valence-corrected chi connectivity index (χ2v) is 8.03. The Kier molecular flexibility index (Phi) is 4.68. The van der Waals surface area contributed by atoms with Crippen LogP contribution in [0.5, 0.6) is 0 Å². The van der Waals surface area contributed by atoms with Crippen molar-refractivity contribution in [3.05, 3.63) is 69.8 Å². The van der Waals surface area contributed by atoms with Crippen LogP contribution in [0.15, 0.2) is 64.1 Å². The number of fused-ring (bicyclic) bond motifs is 1. The summed E-state index contributed by atoms with van der Waals surface area (Å²) in [6.07, 6.45) is 1.64. The van der Waals surface area contributed by atoms with Gasteiger partial charge in [-0.25, -0.2) is 13.1 Å². The Balaban J connectivity index is 1.87. The van der Waals surface area contributed by atoms with Crippen molar-refractivity contribution >= 4 is 48.5 Å². The summed E-state index contributed by atoms with van der Waals surface area (Å²) in [5, 5.41) is 1.47.